The third kappa shape index (κ3) is 4.81. The number of sulfonamides is 1. The fourth-order valence-electron chi connectivity index (χ4n) is 2.23. The topological polar surface area (TPSA) is 98.5 Å². The number of carbonyl (C=O) groups is 1. The van der Waals surface area contributed by atoms with E-state index in [1.165, 1.54) is 24.3 Å². The van der Waals surface area contributed by atoms with Crippen molar-refractivity contribution >= 4 is 21.6 Å². The Kier molecular flexibility index (Phi) is 5.26. The van der Waals surface area contributed by atoms with Crippen molar-refractivity contribution in [2.24, 2.45) is 5.14 Å². The number of hydrogen-bond acceptors (Lipinski definition) is 4. The molecule has 0 unspecified atom stereocenters. The highest BCUT2D eigenvalue weighted by Gasteiger charge is 2.16. The maximum absolute atomic E-state index is 12.2. The Bertz CT molecular complexity index is 825. The monoisotopic (exact) mass is 348 g/mol. The SMILES string of the molecule is Cc1cc(C)cc(O[C@@H](C)C(=O)Nc2ccc(S(N)(=O)=O)cc2)c1. The lowest BCUT2D eigenvalue weighted by molar-refractivity contribution is -0.122. The molecule has 0 bridgehead atoms. The van der Waals surface area contributed by atoms with Crippen molar-refractivity contribution in [3.8, 4) is 5.75 Å². The lowest BCUT2D eigenvalue weighted by Crippen LogP contribution is -2.30. The number of nitrogens with two attached hydrogens (primary N) is 1. The molecule has 0 saturated heterocycles. The second-order valence-corrected chi connectivity index (χ2v) is 7.20. The van der Waals surface area contributed by atoms with E-state index in [9.17, 15) is 13.2 Å². The zero-order valence-electron chi connectivity index (χ0n) is 13.7. The smallest absolute Gasteiger partial charge is 0.265 e. The van der Waals surface area contributed by atoms with Crippen molar-refractivity contribution in [2.75, 3.05) is 5.32 Å². The highest BCUT2D eigenvalue weighted by molar-refractivity contribution is 7.89. The molecule has 0 spiro atoms. The van der Waals surface area contributed by atoms with Crippen molar-refractivity contribution in [1.82, 2.24) is 0 Å². The molecule has 128 valence electrons. The molecule has 0 fully saturated rings. The summed E-state index contributed by atoms with van der Waals surface area (Å²) < 4.78 is 28.1. The lowest BCUT2D eigenvalue weighted by atomic mass is 10.1. The number of hydrogen-bond donors (Lipinski definition) is 2. The van der Waals surface area contributed by atoms with E-state index in [4.69, 9.17) is 9.88 Å². The van der Waals surface area contributed by atoms with Gasteiger partial charge in [0.2, 0.25) is 10.0 Å². The molecule has 2 aromatic rings. The third-order valence-corrected chi connectivity index (χ3v) is 4.26. The maximum Gasteiger partial charge on any atom is 0.265 e. The van der Waals surface area contributed by atoms with Crippen LogP contribution in [0.15, 0.2) is 47.4 Å². The highest BCUT2D eigenvalue weighted by atomic mass is 32.2. The summed E-state index contributed by atoms with van der Waals surface area (Å²) in [6.45, 7) is 5.56. The summed E-state index contributed by atoms with van der Waals surface area (Å²) in [7, 11) is -3.75. The number of anilines is 1. The van der Waals surface area contributed by atoms with Gasteiger partial charge in [-0.1, -0.05) is 6.07 Å². The summed E-state index contributed by atoms with van der Waals surface area (Å²) in [4.78, 5) is 12.2. The Morgan fingerprint density at radius 3 is 2.12 bits per heavy atom. The number of nitrogens with one attached hydrogen (secondary N) is 1. The van der Waals surface area contributed by atoms with E-state index >= 15 is 0 Å². The van der Waals surface area contributed by atoms with Crippen molar-refractivity contribution in [3.05, 3.63) is 53.6 Å². The van der Waals surface area contributed by atoms with Crippen LogP contribution in [0.3, 0.4) is 0 Å². The molecule has 1 atom stereocenters. The molecular formula is C17H20N2O4S. The van der Waals surface area contributed by atoms with E-state index in [0.717, 1.165) is 11.1 Å². The van der Waals surface area contributed by atoms with Crippen LogP contribution in [0.2, 0.25) is 0 Å². The fraction of sp³-hybridized carbons (Fsp3) is 0.235. The Morgan fingerprint density at radius 1 is 1.08 bits per heavy atom. The van der Waals surface area contributed by atoms with Gasteiger partial charge in [-0.25, -0.2) is 13.6 Å². The van der Waals surface area contributed by atoms with E-state index in [-0.39, 0.29) is 10.8 Å². The molecule has 6 nitrogen and oxygen atoms in total. The van der Waals surface area contributed by atoms with Gasteiger partial charge in [0, 0.05) is 5.69 Å². The predicted molar refractivity (Wildman–Crippen MR) is 92.5 cm³/mol. The first-order valence-electron chi connectivity index (χ1n) is 7.34. The number of primary sulfonamides is 1. The molecule has 7 heteroatoms. The first kappa shape index (κ1) is 18.0. The number of ether oxygens (including phenoxy) is 1. The van der Waals surface area contributed by atoms with Gasteiger partial charge in [0.05, 0.1) is 4.90 Å². The Balaban J connectivity index is 2.03. The molecular weight excluding hydrogens is 328 g/mol. The van der Waals surface area contributed by atoms with Gasteiger partial charge >= 0.3 is 0 Å². The molecule has 24 heavy (non-hydrogen) atoms. The van der Waals surface area contributed by atoms with E-state index in [2.05, 4.69) is 5.32 Å². The van der Waals surface area contributed by atoms with Gasteiger partial charge in [-0.2, -0.15) is 0 Å². The molecule has 0 aliphatic heterocycles. The normalized spacial score (nSPS) is 12.5. The molecule has 2 aromatic carbocycles. The summed E-state index contributed by atoms with van der Waals surface area (Å²) in [6.07, 6.45) is -0.705. The van der Waals surface area contributed by atoms with Crippen molar-refractivity contribution in [2.45, 2.75) is 31.8 Å². The van der Waals surface area contributed by atoms with Crippen LogP contribution in [0.25, 0.3) is 0 Å². The van der Waals surface area contributed by atoms with Crippen LogP contribution in [0.5, 0.6) is 5.75 Å². The molecule has 0 heterocycles. The van der Waals surface area contributed by atoms with Crippen LogP contribution < -0.4 is 15.2 Å². The van der Waals surface area contributed by atoms with Gasteiger partial charge in [0.25, 0.3) is 5.91 Å². The van der Waals surface area contributed by atoms with Gasteiger partial charge in [0.1, 0.15) is 5.75 Å². The number of rotatable bonds is 5. The standard InChI is InChI=1S/C17H20N2O4S/c1-11-8-12(2)10-15(9-11)23-13(3)17(20)19-14-4-6-16(7-5-14)24(18,21)22/h4-10,13H,1-3H3,(H,19,20)(H2,18,21,22)/t13-/m0/s1. The molecule has 0 aliphatic rings. The number of benzene rings is 2. The second-order valence-electron chi connectivity index (χ2n) is 5.64. The molecule has 0 aromatic heterocycles. The molecule has 3 N–H and O–H groups in total. The van der Waals surface area contributed by atoms with Crippen LogP contribution in [0, 0.1) is 13.8 Å². The molecule has 0 aliphatic carbocycles. The van der Waals surface area contributed by atoms with Crippen molar-refractivity contribution in [3.63, 3.8) is 0 Å². The van der Waals surface area contributed by atoms with E-state index in [1.54, 1.807) is 6.92 Å². The van der Waals surface area contributed by atoms with Crippen LogP contribution in [0.4, 0.5) is 5.69 Å². The largest absolute Gasteiger partial charge is 0.481 e. The average Bonchev–Trinajstić information content (AvgIpc) is 2.45. The fourth-order valence-corrected chi connectivity index (χ4v) is 2.75. The summed E-state index contributed by atoms with van der Waals surface area (Å²) in [6, 6.07) is 11.4. The number of amides is 1. The van der Waals surface area contributed by atoms with Crippen LogP contribution in [-0.4, -0.2) is 20.4 Å². The third-order valence-electron chi connectivity index (χ3n) is 3.33. The summed E-state index contributed by atoms with van der Waals surface area (Å²) in [5, 5.41) is 7.70. The maximum atomic E-state index is 12.2. The summed E-state index contributed by atoms with van der Waals surface area (Å²) >= 11 is 0. The number of aryl methyl sites for hydroxylation is 2. The minimum Gasteiger partial charge on any atom is -0.481 e. The predicted octanol–water partition coefficient (Wildman–Crippen LogP) is 2.36. The molecule has 0 radical (unpaired) electrons. The first-order chi connectivity index (χ1) is 11.1. The quantitative estimate of drug-likeness (QED) is 0.866. The van der Waals surface area contributed by atoms with E-state index in [1.807, 2.05) is 32.0 Å². The Labute approximate surface area is 141 Å². The lowest BCUT2D eigenvalue weighted by Gasteiger charge is -2.15. The van der Waals surface area contributed by atoms with Crippen LogP contribution in [0.1, 0.15) is 18.1 Å². The molecule has 1 amide bonds. The molecule has 0 saturated carbocycles. The van der Waals surface area contributed by atoms with Crippen LogP contribution >= 0.6 is 0 Å². The zero-order chi connectivity index (χ0) is 17.9. The van der Waals surface area contributed by atoms with Gasteiger partial charge < -0.3 is 10.1 Å². The van der Waals surface area contributed by atoms with Crippen molar-refractivity contribution in [1.29, 1.82) is 0 Å². The van der Waals surface area contributed by atoms with Gasteiger partial charge in [0.15, 0.2) is 6.10 Å². The van der Waals surface area contributed by atoms with Gasteiger partial charge in [-0.3, -0.25) is 4.79 Å². The first-order valence-corrected chi connectivity index (χ1v) is 8.88. The Hall–Kier alpha value is -2.38. The van der Waals surface area contributed by atoms with Crippen molar-refractivity contribution < 1.29 is 17.9 Å². The number of carbonyl (C=O) groups excluding carboxylic acids is 1. The summed E-state index contributed by atoms with van der Waals surface area (Å²) in [5.74, 6) is 0.289. The van der Waals surface area contributed by atoms with Gasteiger partial charge in [-0.15, -0.1) is 0 Å². The average molecular weight is 348 g/mol. The van der Waals surface area contributed by atoms with Crippen LogP contribution in [-0.2, 0) is 14.8 Å². The second kappa shape index (κ2) is 7.02. The molecule has 2 rings (SSSR count). The van der Waals surface area contributed by atoms with E-state index in [0.29, 0.717) is 11.4 Å². The minimum absolute atomic E-state index is 0.0139. The Morgan fingerprint density at radius 2 is 1.62 bits per heavy atom. The zero-order valence-corrected chi connectivity index (χ0v) is 14.6. The summed E-state index contributed by atoms with van der Waals surface area (Å²) in [5.41, 5.74) is 2.57. The minimum atomic E-state index is -3.75. The van der Waals surface area contributed by atoms with Gasteiger partial charge in [-0.05, 0) is 68.3 Å². The highest BCUT2D eigenvalue weighted by Crippen LogP contribution is 2.18. The van der Waals surface area contributed by atoms with E-state index < -0.39 is 16.1 Å².